The average Bonchev–Trinajstić information content (AvgIpc) is 2.57. The molecule has 0 aliphatic heterocycles. The van der Waals surface area contributed by atoms with Crippen LogP contribution in [0.2, 0.25) is 0 Å². The van der Waals surface area contributed by atoms with Crippen LogP contribution in [0.5, 0.6) is 5.75 Å². The second kappa shape index (κ2) is 2.86. The molecule has 0 atom stereocenters. The molecule has 0 saturated heterocycles. The van der Waals surface area contributed by atoms with E-state index in [0.717, 1.165) is 0 Å². The first-order valence-corrected chi connectivity index (χ1v) is 4.16. The van der Waals surface area contributed by atoms with E-state index in [1.807, 2.05) is 0 Å². The molecule has 0 saturated carbocycles. The first-order valence-electron chi connectivity index (χ1n) is 3.28. The molecule has 4 nitrogen and oxygen atoms in total. The second-order valence-electron chi connectivity index (χ2n) is 2.12. The molecule has 0 spiro atoms. The summed E-state index contributed by atoms with van der Waals surface area (Å²) in [5, 5.41) is 17.4. The lowest BCUT2D eigenvalue weighted by Gasteiger charge is -1.95. The molecule has 60 valence electrons. The van der Waals surface area contributed by atoms with Crippen LogP contribution >= 0.6 is 11.3 Å². The molecule has 0 aliphatic rings. The highest BCUT2D eigenvalue weighted by Gasteiger charge is 2.06. The van der Waals surface area contributed by atoms with Gasteiger partial charge in [0.2, 0.25) is 0 Å². The SMILES string of the molecule is Oc1cccnc1-c1nncs1. The second-order valence-corrected chi connectivity index (χ2v) is 2.95. The number of aromatic hydroxyl groups is 1. The lowest BCUT2D eigenvalue weighted by atomic mass is 10.3. The minimum absolute atomic E-state index is 0.134. The van der Waals surface area contributed by atoms with Crippen LogP contribution in [0.1, 0.15) is 0 Å². The van der Waals surface area contributed by atoms with E-state index in [1.165, 1.54) is 11.3 Å². The van der Waals surface area contributed by atoms with Gasteiger partial charge in [0.25, 0.3) is 0 Å². The van der Waals surface area contributed by atoms with Gasteiger partial charge < -0.3 is 5.11 Å². The van der Waals surface area contributed by atoms with Gasteiger partial charge in [-0.25, -0.2) is 4.98 Å². The summed E-state index contributed by atoms with van der Waals surface area (Å²) in [6.07, 6.45) is 1.61. The van der Waals surface area contributed by atoms with Gasteiger partial charge >= 0.3 is 0 Å². The average molecular weight is 179 g/mol. The Labute approximate surface area is 72.6 Å². The van der Waals surface area contributed by atoms with Gasteiger partial charge in [0.1, 0.15) is 17.0 Å². The highest BCUT2D eigenvalue weighted by molar-refractivity contribution is 7.12. The normalized spacial score (nSPS) is 10.0. The van der Waals surface area contributed by atoms with Gasteiger partial charge in [-0.3, -0.25) is 0 Å². The fourth-order valence-electron chi connectivity index (χ4n) is 0.838. The van der Waals surface area contributed by atoms with Crippen LogP contribution in [-0.4, -0.2) is 20.3 Å². The largest absolute Gasteiger partial charge is 0.506 e. The zero-order valence-corrected chi connectivity index (χ0v) is 6.82. The molecule has 0 aromatic carbocycles. The van der Waals surface area contributed by atoms with Crippen LogP contribution in [0.15, 0.2) is 23.8 Å². The summed E-state index contributed by atoms with van der Waals surface area (Å²) in [6, 6.07) is 3.24. The van der Waals surface area contributed by atoms with E-state index >= 15 is 0 Å². The van der Waals surface area contributed by atoms with Crippen molar-refractivity contribution in [2.75, 3.05) is 0 Å². The molecule has 2 rings (SSSR count). The standard InChI is InChI=1S/C7H5N3OS/c11-5-2-1-3-8-6(5)7-10-9-4-12-7/h1-4,11H. The smallest absolute Gasteiger partial charge is 0.169 e. The van der Waals surface area contributed by atoms with E-state index in [0.29, 0.717) is 10.7 Å². The van der Waals surface area contributed by atoms with E-state index in [2.05, 4.69) is 15.2 Å². The van der Waals surface area contributed by atoms with Crippen molar-refractivity contribution in [1.82, 2.24) is 15.2 Å². The Hall–Kier alpha value is -1.49. The summed E-state index contributed by atoms with van der Waals surface area (Å²) in [6.45, 7) is 0. The van der Waals surface area contributed by atoms with Gasteiger partial charge in [0.05, 0.1) is 0 Å². The molecule has 0 amide bonds. The van der Waals surface area contributed by atoms with Crippen LogP contribution in [0.4, 0.5) is 0 Å². The third-order valence-electron chi connectivity index (χ3n) is 1.35. The molecule has 2 aromatic rings. The van der Waals surface area contributed by atoms with Crippen LogP contribution in [0.25, 0.3) is 10.7 Å². The zero-order chi connectivity index (χ0) is 8.39. The third kappa shape index (κ3) is 1.14. The van der Waals surface area contributed by atoms with E-state index in [-0.39, 0.29) is 5.75 Å². The summed E-state index contributed by atoms with van der Waals surface area (Å²) in [5.41, 5.74) is 2.09. The van der Waals surface area contributed by atoms with Gasteiger partial charge in [-0.2, -0.15) is 0 Å². The fourth-order valence-corrected chi connectivity index (χ4v) is 1.40. The summed E-state index contributed by atoms with van der Waals surface area (Å²) in [5.74, 6) is 0.134. The number of aromatic nitrogens is 3. The van der Waals surface area contributed by atoms with Gasteiger partial charge in [-0.15, -0.1) is 10.2 Å². The van der Waals surface area contributed by atoms with Crippen LogP contribution in [0.3, 0.4) is 0 Å². The van der Waals surface area contributed by atoms with Crippen molar-refractivity contribution >= 4 is 11.3 Å². The molecule has 0 unspecified atom stereocenters. The van der Waals surface area contributed by atoms with Crippen molar-refractivity contribution in [3.63, 3.8) is 0 Å². The predicted octanol–water partition coefficient (Wildman–Crippen LogP) is 1.31. The minimum atomic E-state index is 0.134. The van der Waals surface area contributed by atoms with Gasteiger partial charge in [0, 0.05) is 6.20 Å². The first-order chi connectivity index (χ1) is 5.88. The maximum atomic E-state index is 9.36. The Balaban J connectivity index is 2.55. The van der Waals surface area contributed by atoms with Crippen molar-refractivity contribution in [2.45, 2.75) is 0 Å². The topological polar surface area (TPSA) is 58.9 Å². The van der Waals surface area contributed by atoms with E-state index in [1.54, 1.807) is 23.8 Å². The van der Waals surface area contributed by atoms with E-state index in [9.17, 15) is 5.11 Å². The Bertz CT molecular complexity index is 374. The molecular formula is C7H5N3OS. The van der Waals surface area contributed by atoms with E-state index < -0.39 is 0 Å². The van der Waals surface area contributed by atoms with Crippen LogP contribution in [0, 0.1) is 0 Å². The lowest BCUT2D eigenvalue weighted by Crippen LogP contribution is -1.82. The first kappa shape index (κ1) is 7.17. The molecule has 0 radical (unpaired) electrons. The number of rotatable bonds is 1. The van der Waals surface area contributed by atoms with Crippen molar-refractivity contribution in [2.24, 2.45) is 0 Å². The van der Waals surface area contributed by atoms with Crippen molar-refractivity contribution in [3.05, 3.63) is 23.8 Å². The van der Waals surface area contributed by atoms with Crippen molar-refractivity contribution < 1.29 is 5.11 Å². The molecule has 12 heavy (non-hydrogen) atoms. The quantitative estimate of drug-likeness (QED) is 0.717. The monoisotopic (exact) mass is 179 g/mol. The molecule has 1 N–H and O–H groups in total. The zero-order valence-electron chi connectivity index (χ0n) is 6.01. The number of hydrogen-bond donors (Lipinski definition) is 1. The molecule has 2 aromatic heterocycles. The Kier molecular flexibility index (Phi) is 1.71. The lowest BCUT2D eigenvalue weighted by molar-refractivity contribution is 0.475. The maximum Gasteiger partial charge on any atom is 0.169 e. The molecule has 0 aliphatic carbocycles. The van der Waals surface area contributed by atoms with Gasteiger partial charge in [-0.05, 0) is 12.1 Å². The summed E-state index contributed by atoms with van der Waals surface area (Å²) in [7, 11) is 0. The fraction of sp³-hybridized carbons (Fsp3) is 0. The summed E-state index contributed by atoms with van der Waals surface area (Å²) >= 11 is 1.35. The highest BCUT2D eigenvalue weighted by atomic mass is 32.1. The molecule has 0 fully saturated rings. The van der Waals surface area contributed by atoms with Gasteiger partial charge in [-0.1, -0.05) is 11.3 Å². The summed E-state index contributed by atoms with van der Waals surface area (Å²) in [4.78, 5) is 3.98. The third-order valence-corrected chi connectivity index (χ3v) is 2.05. The van der Waals surface area contributed by atoms with Crippen molar-refractivity contribution in [3.8, 4) is 16.5 Å². The predicted molar refractivity (Wildman–Crippen MR) is 44.8 cm³/mol. The number of hydrogen-bond acceptors (Lipinski definition) is 5. The van der Waals surface area contributed by atoms with Crippen LogP contribution in [-0.2, 0) is 0 Å². The number of pyridine rings is 1. The molecular weight excluding hydrogens is 174 g/mol. The van der Waals surface area contributed by atoms with E-state index in [4.69, 9.17) is 0 Å². The Morgan fingerprint density at radius 2 is 2.33 bits per heavy atom. The summed E-state index contributed by atoms with van der Waals surface area (Å²) < 4.78 is 0. The number of nitrogens with zero attached hydrogens (tertiary/aromatic N) is 3. The van der Waals surface area contributed by atoms with Gasteiger partial charge in [0.15, 0.2) is 5.01 Å². The Morgan fingerprint density at radius 3 is 3.00 bits per heavy atom. The van der Waals surface area contributed by atoms with Crippen molar-refractivity contribution in [1.29, 1.82) is 0 Å². The highest BCUT2D eigenvalue weighted by Crippen LogP contribution is 2.26. The maximum absolute atomic E-state index is 9.36. The minimum Gasteiger partial charge on any atom is -0.506 e. The molecule has 0 bridgehead atoms. The molecule has 2 heterocycles. The Morgan fingerprint density at radius 1 is 1.42 bits per heavy atom. The molecule has 5 heteroatoms. The van der Waals surface area contributed by atoms with Crippen LogP contribution < -0.4 is 0 Å².